The van der Waals surface area contributed by atoms with Crippen molar-refractivity contribution < 1.29 is 4.42 Å². The average molecular weight is 631 g/mol. The van der Waals surface area contributed by atoms with Crippen LogP contribution in [0.15, 0.2) is 172 Å². The van der Waals surface area contributed by atoms with Gasteiger partial charge in [-0.3, -0.25) is 9.13 Å². The Morgan fingerprint density at radius 2 is 1.19 bits per heavy atom. The molecule has 0 N–H and O–H groups in total. The van der Waals surface area contributed by atoms with Crippen molar-refractivity contribution in [2.24, 2.45) is 0 Å². The molecule has 1 aliphatic heterocycles. The van der Waals surface area contributed by atoms with Crippen LogP contribution < -0.4 is 0 Å². The maximum Gasteiger partial charge on any atom is 0.135 e. The molecule has 0 unspecified atom stereocenters. The van der Waals surface area contributed by atoms with E-state index in [0.29, 0.717) is 0 Å². The van der Waals surface area contributed by atoms with Crippen LogP contribution in [0.4, 0.5) is 0 Å². The van der Waals surface area contributed by atoms with E-state index in [9.17, 15) is 0 Å². The summed E-state index contributed by atoms with van der Waals surface area (Å²) in [5.74, 6) is 0. The number of benzene rings is 7. The monoisotopic (exact) mass is 630 g/mol. The Labute approximate surface area is 280 Å². The molecule has 0 radical (unpaired) electrons. The highest BCUT2D eigenvalue weighted by Gasteiger charge is 2.29. The molecule has 0 aliphatic carbocycles. The van der Waals surface area contributed by atoms with Gasteiger partial charge >= 0.3 is 0 Å². The summed E-state index contributed by atoms with van der Waals surface area (Å²) in [7, 11) is 0. The van der Waals surface area contributed by atoms with Crippen molar-refractivity contribution in [1.29, 1.82) is 0 Å². The molecule has 4 heterocycles. The van der Waals surface area contributed by atoms with Gasteiger partial charge in [-0.15, -0.1) is 0 Å². The number of para-hydroxylation sites is 3. The zero-order valence-electron chi connectivity index (χ0n) is 25.7. The summed E-state index contributed by atoms with van der Waals surface area (Å²) in [6.45, 7) is 0. The van der Waals surface area contributed by atoms with E-state index in [2.05, 4.69) is 155 Å². The second-order valence-electron chi connectivity index (χ2n) is 12.5. The molecule has 0 fully saturated rings. The summed E-state index contributed by atoms with van der Waals surface area (Å²) >= 11 is 1.87. The van der Waals surface area contributed by atoms with Gasteiger partial charge in [0.05, 0.1) is 16.7 Å². The van der Waals surface area contributed by atoms with E-state index in [1.54, 1.807) is 0 Å². The topological polar surface area (TPSA) is 23.0 Å². The third kappa shape index (κ3) is 3.55. The van der Waals surface area contributed by atoms with Gasteiger partial charge in [0.1, 0.15) is 16.8 Å². The lowest BCUT2D eigenvalue weighted by Crippen LogP contribution is -2.05. The molecule has 11 rings (SSSR count). The van der Waals surface area contributed by atoms with Crippen LogP contribution in [0.25, 0.3) is 88.4 Å². The van der Waals surface area contributed by atoms with Crippen molar-refractivity contribution in [1.82, 2.24) is 9.13 Å². The van der Waals surface area contributed by atoms with Crippen LogP contribution in [0.3, 0.4) is 0 Å². The van der Waals surface area contributed by atoms with Gasteiger partial charge in [-0.25, -0.2) is 0 Å². The van der Waals surface area contributed by atoms with Gasteiger partial charge in [0, 0.05) is 42.4 Å². The maximum absolute atomic E-state index is 6.14. The van der Waals surface area contributed by atoms with Gasteiger partial charge in [0.25, 0.3) is 0 Å². The van der Waals surface area contributed by atoms with Gasteiger partial charge in [-0.2, -0.15) is 0 Å². The van der Waals surface area contributed by atoms with E-state index < -0.39 is 0 Å². The standard InChI is InChI=1S/C44H26N2OS/c1-3-11-27(12-4-1)31-16-9-18-36-41(31)42-33-17-10-20-39-43(33)46(44(42)45(36)30-13-5-2-6-14-30)35-23-21-29(26-40(35)48-39)28-22-24-38-34(25-28)32-15-7-8-19-37(32)47-38/h1-26H. The summed E-state index contributed by atoms with van der Waals surface area (Å²) in [4.78, 5) is 2.52. The molecule has 7 aromatic carbocycles. The number of aromatic nitrogens is 2. The van der Waals surface area contributed by atoms with Gasteiger partial charge in [0.15, 0.2) is 0 Å². The van der Waals surface area contributed by atoms with Crippen LogP contribution in [0.5, 0.6) is 0 Å². The summed E-state index contributed by atoms with van der Waals surface area (Å²) in [5, 5.41) is 6.16. The van der Waals surface area contributed by atoms with E-state index in [0.717, 1.165) is 27.6 Å². The van der Waals surface area contributed by atoms with Crippen LogP contribution in [0, 0.1) is 0 Å². The molecule has 224 valence electrons. The first-order chi connectivity index (χ1) is 23.8. The Bertz CT molecular complexity index is 2910. The molecule has 0 saturated heterocycles. The van der Waals surface area contributed by atoms with Crippen LogP contribution in [0.1, 0.15) is 0 Å². The Morgan fingerprint density at radius 1 is 0.458 bits per heavy atom. The zero-order chi connectivity index (χ0) is 31.3. The number of furan rings is 1. The third-order valence-corrected chi connectivity index (χ3v) is 11.0. The lowest BCUT2D eigenvalue weighted by Gasteiger charge is -2.22. The van der Waals surface area contributed by atoms with Crippen LogP contribution in [-0.2, 0) is 0 Å². The van der Waals surface area contributed by atoms with Crippen molar-refractivity contribution in [2.75, 3.05) is 0 Å². The van der Waals surface area contributed by atoms with E-state index in [-0.39, 0.29) is 0 Å². The largest absolute Gasteiger partial charge is 0.456 e. The van der Waals surface area contributed by atoms with Crippen LogP contribution >= 0.6 is 11.8 Å². The molecule has 48 heavy (non-hydrogen) atoms. The predicted molar refractivity (Wildman–Crippen MR) is 200 cm³/mol. The van der Waals surface area contributed by atoms with Crippen molar-refractivity contribution in [3.8, 4) is 33.6 Å². The van der Waals surface area contributed by atoms with Crippen molar-refractivity contribution in [2.45, 2.75) is 9.79 Å². The second-order valence-corrected chi connectivity index (χ2v) is 13.6. The van der Waals surface area contributed by atoms with E-state index >= 15 is 0 Å². The fraction of sp³-hybridized carbons (Fsp3) is 0. The predicted octanol–water partition coefficient (Wildman–Crippen LogP) is 12.4. The number of rotatable bonds is 3. The fourth-order valence-electron chi connectivity index (χ4n) is 7.85. The summed E-state index contributed by atoms with van der Waals surface area (Å²) in [6.07, 6.45) is 0. The fourth-order valence-corrected chi connectivity index (χ4v) is 8.98. The summed E-state index contributed by atoms with van der Waals surface area (Å²) in [6, 6.07) is 56.9. The first-order valence-electron chi connectivity index (χ1n) is 16.3. The molecule has 0 saturated carbocycles. The van der Waals surface area contributed by atoms with Crippen molar-refractivity contribution in [3.63, 3.8) is 0 Å². The molecular formula is C44H26N2OS. The molecule has 0 spiro atoms. The van der Waals surface area contributed by atoms with E-state index in [4.69, 9.17) is 4.42 Å². The van der Waals surface area contributed by atoms with E-state index in [1.165, 1.54) is 70.6 Å². The molecule has 3 aromatic heterocycles. The van der Waals surface area contributed by atoms with Crippen molar-refractivity contribution in [3.05, 3.63) is 158 Å². The average Bonchev–Trinajstić information content (AvgIpc) is 3.80. The Balaban J connectivity index is 1.21. The number of hydrogen-bond acceptors (Lipinski definition) is 2. The molecule has 0 atom stereocenters. The highest BCUT2D eigenvalue weighted by Crippen LogP contribution is 2.51. The maximum atomic E-state index is 6.14. The molecule has 1 aliphatic rings. The Kier molecular flexibility index (Phi) is 5.32. The number of fused-ring (bicyclic) bond motifs is 10. The lowest BCUT2D eigenvalue weighted by molar-refractivity contribution is 0.669. The summed E-state index contributed by atoms with van der Waals surface area (Å²) in [5.41, 5.74) is 12.7. The van der Waals surface area contributed by atoms with Gasteiger partial charge in [-0.1, -0.05) is 115 Å². The highest BCUT2D eigenvalue weighted by molar-refractivity contribution is 7.99. The molecule has 0 bridgehead atoms. The van der Waals surface area contributed by atoms with Crippen molar-refractivity contribution >= 4 is 66.5 Å². The van der Waals surface area contributed by atoms with Crippen LogP contribution in [-0.4, -0.2) is 9.13 Å². The molecule has 10 aromatic rings. The Hall–Kier alpha value is -5.97. The molecule has 0 amide bonds. The van der Waals surface area contributed by atoms with E-state index in [1.807, 2.05) is 23.9 Å². The van der Waals surface area contributed by atoms with Gasteiger partial charge in [-0.05, 0) is 76.9 Å². The van der Waals surface area contributed by atoms with Gasteiger partial charge in [0.2, 0.25) is 0 Å². The molecule has 4 heteroatoms. The highest BCUT2D eigenvalue weighted by atomic mass is 32.2. The first kappa shape index (κ1) is 26.1. The normalized spacial score (nSPS) is 12.5. The third-order valence-electron chi connectivity index (χ3n) is 9.90. The minimum absolute atomic E-state index is 0.918. The van der Waals surface area contributed by atoms with Gasteiger partial charge < -0.3 is 4.42 Å². The Morgan fingerprint density at radius 3 is 2.08 bits per heavy atom. The minimum atomic E-state index is 0.918. The first-order valence-corrected chi connectivity index (χ1v) is 17.1. The number of nitrogens with zero attached hydrogens (tertiary/aromatic N) is 2. The smallest absolute Gasteiger partial charge is 0.135 e. The quantitative estimate of drug-likeness (QED) is 0.194. The SMILES string of the molecule is c1ccc(-c2cccc3c2c2c4cccc5c4n(c2n3-c2ccccc2)-c2ccc(-c3ccc4oc6ccccc6c4c3)cc2S5)cc1. The molecule has 3 nitrogen and oxygen atoms in total. The lowest BCUT2D eigenvalue weighted by atomic mass is 9.99. The number of hydrogen-bond donors (Lipinski definition) is 0. The minimum Gasteiger partial charge on any atom is -0.456 e. The summed E-state index contributed by atoms with van der Waals surface area (Å²) < 4.78 is 11.1. The second kappa shape index (κ2) is 9.77. The molecular weight excluding hydrogens is 605 g/mol. The van der Waals surface area contributed by atoms with Crippen LogP contribution in [0.2, 0.25) is 0 Å². The zero-order valence-corrected chi connectivity index (χ0v) is 26.5.